The first-order chi connectivity index (χ1) is 62.1. The summed E-state index contributed by atoms with van der Waals surface area (Å²) < 4.78 is 36.9. The van der Waals surface area contributed by atoms with Crippen molar-refractivity contribution >= 4 is 118 Å². The minimum atomic E-state index is -1.76. The van der Waals surface area contributed by atoms with Crippen LogP contribution in [-0.2, 0) is 0 Å². The number of nitrogens with zero attached hydrogens (tertiary/aromatic N) is 24. The van der Waals surface area contributed by atoms with Crippen molar-refractivity contribution in [1.29, 1.82) is 0 Å². The number of aromatic nitrogens is 16. The third-order valence-electron chi connectivity index (χ3n) is 23.4. The third-order valence-corrected chi connectivity index (χ3v) is 24.3. The van der Waals surface area contributed by atoms with E-state index in [9.17, 15) is 23.6 Å². The zero-order valence-corrected chi connectivity index (χ0v) is 76.6. The lowest BCUT2D eigenvalue weighted by Gasteiger charge is -2.25. The first-order valence-electron chi connectivity index (χ1n) is 43.6. The van der Waals surface area contributed by atoms with E-state index in [0.717, 1.165) is 76.4 Å². The van der Waals surface area contributed by atoms with Crippen LogP contribution in [0.25, 0.3) is 22.7 Å². The molecule has 8 aromatic heterocycles. The summed E-state index contributed by atoms with van der Waals surface area (Å²) in [6.07, 6.45) is 20.8. The number of carbonyl (C=O) groups is 4. The van der Waals surface area contributed by atoms with Crippen LogP contribution in [0.2, 0.25) is 20.2 Å². The van der Waals surface area contributed by atoms with Crippen molar-refractivity contribution in [3.05, 3.63) is 238 Å². The van der Waals surface area contributed by atoms with E-state index in [1.54, 1.807) is 98.2 Å². The minimum Gasteiger partial charge on any atom is -0.346 e. The Bertz CT molecular complexity index is 5830. The fourth-order valence-corrected chi connectivity index (χ4v) is 16.5. The predicted octanol–water partition coefficient (Wildman–Crippen LogP) is 18.2. The number of likely N-dealkylation sites (N-methyl/N-ethyl adjacent to an activating group) is 4. The van der Waals surface area contributed by atoms with Gasteiger partial charge in [-0.05, 0) is 207 Å². The first kappa shape index (κ1) is 87.5. The molecule has 4 aromatic carbocycles. The number of carbonyl (C=O) groups excluding carboxylic acids is 4. The Balaban J connectivity index is 0.000000133. The number of nitrogens with one attached hydrogen (secondary N) is 4. The molecule has 12 aromatic rings. The fourth-order valence-electron chi connectivity index (χ4n) is 15.9. The maximum atomic E-state index is 13.2. The van der Waals surface area contributed by atoms with Crippen molar-refractivity contribution in [2.75, 3.05) is 94.7 Å². The van der Waals surface area contributed by atoms with Crippen LogP contribution in [0.4, 0.5) is 70.6 Å². The monoisotopic (exact) mass is 1810 g/mol. The normalized spacial score (nSPS) is 18.8. The number of imidazole rings is 4. The van der Waals surface area contributed by atoms with Gasteiger partial charge in [0.15, 0.2) is 0 Å². The highest BCUT2D eigenvalue weighted by Crippen LogP contribution is 2.43. The molecule has 6 aliphatic rings. The van der Waals surface area contributed by atoms with E-state index in [-0.39, 0.29) is 83.3 Å². The van der Waals surface area contributed by atoms with Gasteiger partial charge in [0.1, 0.15) is 40.1 Å². The molecule has 0 radical (unpaired) electrons. The number of benzene rings is 4. The zero-order chi connectivity index (χ0) is 92.4. The smallest absolute Gasteiger partial charge is 0.326 e. The molecule has 0 unspecified atom stereocenters. The molecule has 12 heterocycles. The third kappa shape index (κ3) is 20.8. The van der Waals surface area contributed by atoms with E-state index in [1.165, 1.54) is 36.8 Å². The van der Waals surface area contributed by atoms with E-state index in [2.05, 4.69) is 85.0 Å². The van der Waals surface area contributed by atoms with Crippen molar-refractivity contribution in [3.63, 3.8) is 0 Å². The van der Waals surface area contributed by atoms with Gasteiger partial charge in [-0.2, -0.15) is 19.9 Å². The van der Waals surface area contributed by atoms with E-state index in [4.69, 9.17) is 59.1 Å². The quantitative estimate of drug-likeness (QED) is 0.0386. The van der Waals surface area contributed by atoms with Gasteiger partial charge < -0.3 is 59.1 Å². The lowest BCUT2D eigenvalue weighted by molar-refractivity contribution is 0.222. The van der Waals surface area contributed by atoms with Gasteiger partial charge in [0.2, 0.25) is 23.8 Å². The van der Waals surface area contributed by atoms with Crippen LogP contribution in [0.3, 0.4) is 0 Å². The zero-order valence-electron chi connectivity index (χ0n) is 75.6. The van der Waals surface area contributed by atoms with Crippen molar-refractivity contribution in [1.82, 2.24) is 97.7 Å². The maximum Gasteiger partial charge on any atom is 0.326 e. The average Bonchev–Trinajstić information content (AvgIpc) is 1.91. The summed E-state index contributed by atoms with van der Waals surface area (Å²) in [5, 5.41) is 15.5. The van der Waals surface area contributed by atoms with Crippen LogP contribution in [0.5, 0.6) is 0 Å². The predicted molar refractivity (Wildman–Crippen MR) is 497 cm³/mol. The molecule has 8 atom stereocenters. The summed E-state index contributed by atoms with van der Waals surface area (Å²) in [5.74, 6) is 5.92. The molecule has 32 nitrogen and oxygen atoms in total. The van der Waals surface area contributed by atoms with Gasteiger partial charge >= 0.3 is 24.1 Å². The van der Waals surface area contributed by atoms with Crippen LogP contribution in [0.1, 0.15) is 149 Å². The number of aryl methyl sites for hydroxylation is 2. The lowest BCUT2D eigenvalue weighted by Crippen LogP contribution is -2.38. The van der Waals surface area contributed by atoms with E-state index >= 15 is 0 Å². The highest BCUT2D eigenvalue weighted by Gasteiger charge is 2.48. The van der Waals surface area contributed by atoms with Gasteiger partial charge in [-0.3, -0.25) is 19.6 Å². The van der Waals surface area contributed by atoms with Crippen LogP contribution in [0, 0.1) is 43.3 Å². The number of hydrogen-bond donors (Lipinski definition) is 4. The molecule has 37 heteroatoms. The highest BCUT2D eigenvalue weighted by atomic mass is 35.5. The van der Waals surface area contributed by atoms with Crippen molar-refractivity contribution in [2.24, 2.45) is 23.7 Å². The van der Waals surface area contributed by atoms with Gasteiger partial charge in [-0.1, -0.05) is 74.1 Å². The number of halogens is 5. The summed E-state index contributed by atoms with van der Waals surface area (Å²) in [7, 11) is 5.47. The molecule has 2 aliphatic carbocycles. The second-order valence-electron chi connectivity index (χ2n) is 33.6. The van der Waals surface area contributed by atoms with Crippen LogP contribution >= 0.6 is 46.4 Å². The Morgan fingerprint density at radius 1 is 0.414 bits per heavy atom. The van der Waals surface area contributed by atoms with Gasteiger partial charge in [0.25, 0.3) is 0 Å². The standard InChI is InChI=1S/C23H26ClN7O.2C23H28ClN7O.C22H23ClFN7O/c1-14-10-21(31-20(16-4-5-16)12-29(3)23(31)32)28-22(26-14)27-15(2)19-11-30(13-25-19)18-8-6-17(24)7-9-18;1-14(2)20-13-29(5)23(32)31(20)21-10-11-25-22(28-21)26-15(3)19-12-30(16(4)27-19)18-8-6-17(24)7-9-18;1-5-29-13-20(15(2)3)31(23(29)32)21-10-11-25-22(28-21)27-16(4)19-12-30(14-26-19)18-8-6-17(24)7-9-18;1-13(17-10-30(12-25-17)16-7-5-15(24)6-8-16)26-21-27-19(23)9-20(28-21)31-18(14-3-4-14)11-29(2)22(31)32/h6-11,13,15-16,20H,4-5,12H2,1-3H3,(H,26,27,28);6-12,14-15,20H,13H2,1-5H3,(H,25,26,28);6-12,14-16,20H,5,13H2,1-4H3,(H,25,27,28);5-10,12-14,18H,3-4,11H2,1-2H3,(H,26,27,28)/t2*15-,20+;16-,20+;13-,18+/m0000/s1/i;;5D2;. The first-order valence-corrected chi connectivity index (χ1v) is 44.2. The molecule has 4 N–H and O–H groups in total. The summed E-state index contributed by atoms with van der Waals surface area (Å²) in [6, 6.07) is 34.9. The topological polar surface area (TPSA) is 317 Å². The summed E-state index contributed by atoms with van der Waals surface area (Å²) in [4.78, 5) is 119. The molecule has 4 saturated heterocycles. The van der Waals surface area contributed by atoms with Gasteiger partial charge in [0, 0.05) is 149 Å². The SMILES string of the molecule is C[C@H](Nc1nc(Cl)cc(N2C(=O)N(C)C[C@@H]2C2CC2)n1)c1cn(-c2ccc(F)cc2)cn1.Cc1cc(N2C(=O)N(C)C[C@@H]2C2CC2)nc(N[C@@H](C)c2cn(-c3ccc(Cl)cc3)cn2)n1.Cc1nc([C@H](C)Nc2nccc(N3C(=O)N(C)C[C@@H]3C(C)C)n2)cn1-c1ccc(Cl)cc1.[2H]C([2H])(C)N1C[C@H](C(C)C)N(c2ccnc(N[C@@H](C)c3cn(-c4ccc(Cl)cc4)cn3)n2)C1=O. The molecule has 128 heavy (non-hydrogen) atoms. The molecule has 18 rings (SSSR count). The summed E-state index contributed by atoms with van der Waals surface area (Å²) in [6.45, 7) is 22.1. The minimum absolute atomic E-state index is 0.000654. The van der Waals surface area contributed by atoms with Crippen LogP contribution < -0.4 is 40.9 Å². The van der Waals surface area contributed by atoms with Gasteiger partial charge in [0.05, 0.1) is 90.1 Å². The summed E-state index contributed by atoms with van der Waals surface area (Å²) in [5.41, 5.74) is 7.82. The number of rotatable bonds is 25. The number of anilines is 8. The van der Waals surface area contributed by atoms with Crippen LogP contribution in [-0.4, -0.2) is 200 Å². The number of amides is 8. The Hall–Kier alpha value is -12.6. The van der Waals surface area contributed by atoms with E-state index in [1.807, 2.05) is 196 Å². The second kappa shape index (κ2) is 38.9. The molecule has 668 valence electrons. The van der Waals surface area contributed by atoms with Gasteiger partial charge in [-0.25, -0.2) is 63.4 Å². The second-order valence-corrected chi connectivity index (χ2v) is 35.3. The maximum absolute atomic E-state index is 13.2. The van der Waals surface area contributed by atoms with Gasteiger partial charge in [-0.15, -0.1) is 0 Å². The molecular weight excluding hydrogens is 1710 g/mol. The molecule has 6 fully saturated rings. The average molecular weight is 1820 g/mol. The number of hydrogen-bond acceptors (Lipinski definition) is 20. The fraction of sp³-hybridized carbons (Fsp3) is 0.385. The Labute approximate surface area is 766 Å². The molecule has 0 spiro atoms. The molecule has 2 saturated carbocycles. The highest BCUT2D eigenvalue weighted by molar-refractivity contribution is 6.31. The van der Waals surface area contributed by atoms with E-state index in [0.29, 0.717) is 99.5 Å². The van der Waals surface area contributed by atoms with Crippen molar-refractivity contribution in [3.8, 4) is 22.7 Å². The molecular formula is C91H105Cl4FN28O4. The Morgan fingerprint density at radius 2 is 0.789 bits per heavy atom. The summed E-state index contributed by atoms with van der Waals surface area (Å²) >= 11 is 24.3. The van der Waals surface area contributed by atoms with Crippen molar-refractivity contribution < 1.29 is 26.3 Å². The Morgan fingerprint density at radius 3 is 1.23 bits per heavy atom. The Kier molecular flexibility index (Phi) is 26.6. The molecule has 0 bridgehead atoms. The van der Waals surface area contributed by atoms with E-state index < -0.39 is 12.5 Å². The molecule has 8 amide bonds. The largest absolute Gasteiger partial charge is 0.346 e. The van der Waals surface area contributed by atoms with Crippen LogP contribution in [0.15, 0.2) is 177 Å². The molecule has 4 aliphatic heterocycles. The lowest BCUT2D eigenvalue weighted by atomic mass is 10.0. The number of urea groups is 4. The van der Waals surface area contributed by atoms with Crippen molar-refractivity contribution in [2.45, 2.75) is 150 Å².